The van der Waals surface area contributed by atoms with Crippen LogP contribution in [-0.4, -0.2) is 68.2 Å². The molecule has 1 saturated carbocycles. The number of carbonyl (C=O) groups is 2. The van der Waals surface area contributed by atoms with Crippen molar-refractivity contribution < 1.29 is 14.3 Å². The Morgan fingerprint density at radius 1 is 0.775 bits per heavy atom. The molecule has 2 N–H and O–H groups in total. The van der Waals surface area contributed by atoms with E-state index in [4.69, 9.17) is 4.74 Å². The lowest BCUT2D eigenvalue weighted by Gasteiger charge is -2.42. The summed E-state index contributed by atoms with van der Waals surface area (Å²) in [5.41, 5.74) is 4.72. The first-order chi connectivity index (χ1) is 19.6. The van der Waals surface area contributed by atoms with Crippen LogP contribution in [0.3, 0.4) is 0 Å². The highest BCUT2D eigenvalue weighted by molar-refractivity contribution is 6.00. The van der Waals surface area contributed by atoms with Crippen LogP contribution >= 0.6 is 0 Å². The SMILES string of the molecule is O=C(c1ccc2n[nH]nc2c1)N1C[C@@H]2[C@H](C1)[C@H]1CN(C(=O)c3cc(OCc4ccccc4)c4cc[nH]c4c3)C[C@@H]21. The Morgan fingerprint density at radius 2 is 1.45 bits per heavy atom. The van der Waals surface area contributed by atoms with E-state index in [2.05, 4.69) is 20.4 Å². The fraction of sp³-hybridized carbons (Fsp3) is 0.290. The summed E-state index contributed by atoms with van der Waals surface area (Å²) in [4.78, 5) is 34.2. The number of fused-ring (bicyclic) bond motifs is 6. The topological polar surface area (TPSA) is 107 Å². The highest BCUT2D eigenvalue weighted by atomic mass is 16.5. The number of benzene rings is 3. The lowest BCUT2D eigenvalue weighted by Crippen LogP contribution is -2.44. The number of hydrogen-bond acceptors (Lipinski definition) is 5. The number of aromatic nitrogens is 4. The summed E-state index contributed by atoms with van der Waals surface area (Å²) in [5, 5.41) is 11.8. The fourth-order valence-corrected chi connectivity index (χ4v) is 7.16. The summed E-state index contributed by atoms with van der Waals surface area (Å²) in [6.07, 6.45) is 1.88. The summed E-state index contributed by atoms with van der Waals surface area (Å²) < 4.78 is 6.18. The standard InChI is InChI=1S/C31H28N6O3/c38-30(19-6-7-26-28(10-19)34-35-33-26)36-13-22-23(14-36)25-16-37(15-24(22)25)31(39)20-11-27-21(8-9-32-27)29(12-20)40-17-18-4-2-1-3-5-18/h1-12,22-25,32H,13-17H2,(H,33,34,35)/t22-,23+,24+,25-. The lowest BCUT2D eigenvalue weighted by molar-refractivity contribution is 0.0629. The minimum Gasteiger partial charge on any atom is -0.488 e. The average molecular weight is 533 g/mol. The van der Waals surface area contributed by atoms with Crippen molar-refractivity contribution in [2.45, 2.75) is 6.61 Å². The number of ether oxygens (including phenoxy) is 1. The van der Waals surface area contributed by atoms with E-state index in [1.807, 2.05) is 76.7 Å². The summed E-state index contributed by atoms with van der Waals surface area (Å²) in [6, 6.07) is 21.3. The zero-order valence-electron chi connectivity index (χ0n) is 21.8. The highest BCUT2D eigenvalue weighted by Crippen LogP contribution is 2.54. The van der Waals surface area contributed by atoms with Crippen molar-refractivity contribution >= 4 is 33.8 Å². The molecule has 200 valence electrons. The third kappa shape index (κ3) is 3.68. The van der Waals surface area contributed by atoms with Crippen LogP contribution in [0.2, 0.25) is 0 Å². The van der Waals surface area contributed by atoms with Crippen LogP contribution in [0, 0.1) is 23.7 Å². The van der Waals surface area contributed by atoms with Crippen LogP contribution in [0.1, 0.15) is 26.3 Å². The predicted molar refractivity (Wildman–Crippen MR) is 149 cm³/mol. The zero-order valence-corrected chi connectivity index (χ0v) is 21.8. The van der Waals surface area contributed by atoms with Crippen LogP contribution in [0.4, 0.5) is 0 Å². The minimum atomic E-state index is 0.0439. The van der Waals surface area contributed by atoms with Gasteiger partial charge in [-0.3, -0.25) is 9.59 Å². The third-order valence-corrected chi connectivity index (χ3v) is 9.18. The minimum absolute atomic E-state index is 0.0439. The normalized spacial score (nSPS) is 23.3. The molecular formula is C31H28N6O3. The van der Waals surface area contributed by atoms with Gasteiger partial charge < -0.3 is 19.5 Å². The molecule has 4 heterocycles. The van der Waals surface area contributed by atoms with E-state index in [1.54, 1.807) is 6.07 Å². The summed E-state index contributed by atoms with van der Waals surface area (Å²) in [5.74, 6) is 2.56. The molecule has 8 rings (SSSR count). The van der Waals surface area contributed by atoms with Gasteiger partial charge in [0.2, 0.25) is 0 Å². The van der Waals surface area contributed by atoms with Gasteiger partial charge in [-0.05, 0) is 65.6 Å². The van der Waals surface area contributed by atoms with Gasteiger partial charge in [-0.25, -0.2) is 0 Å². The molecule has 3 aliphatic rings. The molecular weight excluding hydrogens is 504 g/mol. The van der Waals surface area contributed by atoms with Gasteiger partial charge in [0.1, 0.15) is 23.4 Å². The predicted octanol–water partition coefficient (Wildman–Crippen LogP) is 4.11. The van der Waals surface area contributed by atoms with E-state index < -0.39 is 0 Å². The fourth-order valence-electron chi connectivity index (χ4n) is 7.16. The van der Waals surface area contributed by atoms with Crippen molar-refractivity contribution in [1.82, 2.24) is 30.2 Å². The van der Waals surface area contributed by atoms with Gasteiger partial charge in [0, 0.05) is 54.4 Å². The Kier molecular flexibility index (Phi) is 5.20. The molecule has 5 aromatic rings. The molecule has 0 radical (unpaired) electrons. The van der Waals surface area contributed by atoms with Crippen molar-refractivity contribution in [3.8, 4) is 5.75 Å². The molecule has 2 saturated heterocycles. The molecule has 2 amide bonds. The number of H-pyrrole nitrogens is 2. The van der Waals surface area contributed by atoms with E-state index in [-0.39, 0.29) is 11.8 Å². The van der Waals surface area contributed by atoms with Crippen LogP contribution in [0.25, 0.3) is 21.9 Å². The Hall–Kier alpha value is -4.66. The van der Waals surface area contributed by atoms with Crippen molar-refractivity contribution in [3.63, 3.8) is 0 Å². The van der Waals surface area contributed by atoms with Crippen molar-refractivity contribution in [2.75, 3.05) is 26.2 Å². The summed E-state index contributed by atoms with van der Waals surface area (Å²) >= 11 is 0. The number of carbonyl (C=O) groups excluding carboxylic acids is 2. The van der Waals surface area contributed by atoms with E-state index in [9.17, 15) is 9.59 Å². The van der Waals surface area contributed by atoms with Crippen molar-refractivity contribution in [1.29, 1.82) is 0 Å². The smallest absolute Gasteiger partial charge is 0.254 e. The molecule has 2 aliphatic heterocycles. The molecule has 0 bridgehead atoms. The Labute approximate surface area is 230 Å². The van der Waals surface area contributed by atoms with Crippen LogP contribution in [0.15, 0.2) is 72.9 Å². The molecule has 40 heavy (non-hydrogen) atoms. The van der Waals surface area contributed by atoms with E-state index in [0.717, 1.165) is 48.2 Å². The van der Waals surface area contributed by atoms with E-state index >= 15 is 0 Å². The van der Waals surface area contributed by atoms with Gasteiger partial charge in [-0.1, -0.05) is 30.3 Å². The number of nitrogens with zero attached hydrogens (tertiary/aromatic N) is 4. The molecule has 9 heteroatoms. The number of hydrogen-bond donors (Lipinski definition) is 2. The molecule has 1 aliphatic carbocycles. The molecule has 0 spiro atoms. The Balaban J connectivity index is 0.957. The highest BCUT2D eigenvalue weighted by Gasteiger charge is 2.59. The quantitative estimate of drug-likeness (QED) is 0.354. The number of nitrogens with one attached hydrogen (secondary N) is 2. The number of amides is 2. The molecule has 3 aromatic carbocycles. The number of aromatic amines is 2. The van der Waals surface area contributed by atoms with Crippen LogP contribution in [-0.2, 0) is 6.61 Å². The zero-order chi connectivity index (χ0) is 26.8. The molecule has 0 unspecified atom stereocenters. The maximum atomic E-state index is 13.7. The van der Waals surface area contributed by atoms with Gasteiger partial charge in [0.05, 0.1) is 0 Å². The van der Waals surface area contributed by atoms with Crippen LogP contribution in [0.5, 0.6) is 5.75 Å². The molecule has 4 atom stereocenters. The van der Waals surface area contributed by atoms with Crippen LogP contribution < -0.4 is 4.74 Å². The van der Waals surface area contributed by atoms with Gasteiger partial charge >= 0.3 is 0 Å². The lowest BCUT2D eigenvalue weighted by atomic mass is 9.60. The monoisotopic (exact) mass is 532 g/mol. The van der Waals surface area contributed by atoms with E-state index in [0.29, 0.717) is 52.7 Å². The van der Waals surface area contributed by atoms with Gasteiger partial charge in [0.25, 0.3) is 11.8 Å². The Morgan fingerprint density at radius 3 is 2.17 bits per heavy atom. The molecule has 9 nitrogen and oxygen atoms in total. The Bertz CT molecular complexity index is 1740. The van der Waals surface area contributed by atoms with Crippen molar-refractivity contribution in [2.24, 2.45) is 23.7 Å². The second-order valence-electron chi connectivity index (χ2n) is 11.3. The average Bonchev–Trinajstić information content (AvgIpc) is 3.78. The van der Waals surface area contributed by atoms with Crippen molar-refractivity contribution in [3.05, 3.63) is 89.6 Å². The third-order valence-electron chi connectivity index (χ3n) is 9.18. The maximum absolute atomic E-state index is 13.7. The van der Waals surface area contributed by atoms with Gasteiger partial charge in [-0.15, -0.1) is 0 Å². The van der Waals surface area contributed by atoms with Gasteiger partial charge in [-0.2, -0.15) is 15.4 Å². The first kappa shape index (κ1) is 23.2. The number of likely N-dealkylation sites (tertiary alicyclic amines) is 2. The van der Waals surface area contributed by atoms with Gasteiger partial charge in [0.15, 0.2) is 0 Å². The maximum Gasteiger partial charge on any atom is 0.254 e. The van der Waals surface area contributed by atoms with E-state index in [1.165, 1.54) is 0 Å². The summed E-state index contributed by atoms with van der Waals surface area (Å²) in [6.45, 7) is 3.41. The number of rotatable bonds is 5. The first-order valence-electron chi connectivity index (χ1n) is 13.8. The largest absolute Gasteiger partial charge is 0.488 e. The first-order valence-corrected chi connectivity index (χ1v) is 13.8. The molecule has 3 fully saturated rings. The second kappa shape index (κ2) is 8.94. The summed E-state index contributed by atoms with van der Waals surface area (Å²) in [7, 11) is 0. The second-order valence-corrected chi connectivity index (χ2v) is 11.3. The molecule has 2 aromatic heterocycles.